The van der Waals surface area contributed by atoms with E-state index in [-0.39, 0.29) is 24.0 Å². The molecule has 1 N–H and O–H groups in total. The van der Waals surface area contributed by atoms with E-state index in [4.69, 9.17) is 9.26 Å². The Kier molecular flexibility index (Phi) is 6.01. The Hall–Kier alpha value is -3.15. The van der Waals surface area contributed by atoms with Gasteiger partial charge in [0.25, 0.3) is 5.91 Å². The maximum absolute atomic E-state index is 12.9. The highest BCUT2D eigenvalue weighted by atomic mass is 16.5. The van der Waals surface area contributed by atoms with Crippen LogP contribution in [0.1, 0.15) is 66.9 Å². The van der Waals surface area contributed by atoms with Crippen molar-refractivity contribution in [3.63, 3.8) is 0 Å². The number of hydrogen-bond acceptors (Lipinski definition) is 5. The van der Waals surface area contributed by atoms with Crippen molar-refractivity contribution in [2.75, 3.05) is 0 Å². The summed E-state index contributed by atoms with van der Waals surface area (Å²) in [5.74, 6) is 1.19. The molecule has 3 aromatic rings. The number of hydrogen-bond donors (Lipinski definition) is 1. The molecular weight excluding hydrogens is 366 g/mol. The number of ether oxygens (including phenoxy) is 1. The van der Waals surface area contributed by atoms with Crippen LogP contribution in [0.25, 0.3) is 0 Å². The van der Waals surface area contributed by atoms with Gasteiger partial charge in [-0.15, -0.1) is 0 Å². The zero-order valence-electron chi connectivity index (χ0n) is 17.5. The molecule has 0 spiro atoms. The molecule has 3 rings (SSSR count). The largest absolute Gasteiger partial charge is 0.485 e. The van der Waals surface area contributed by atoms with Gasteiger partial charge in [-0.1, -0.05) is 62.3 Å². The highest BCUT2D eigenvalue weighted by Crippen LogP contribution is 2.25. The lowest BCUT2D eigenvalue weighted by atomic mass is 9.86. The molecule has 1 heterocycles. The second-order valence-corrected chi connectivity index (χ2v) is 8.08. The van der Waals surface area contributed by atoms with Crippen molar-refractivity contribution in [1.29, 1.82) is 0 Å². The molecule has 0 saturated heterocycles. The second kappa shape index (κ2) is 8.47. The fourth-order valence-electron chi connectivity index (χ4n) is 2.95. The van der Waals surface area contributed by atoms with Crippen molar-refractivity contribution in [2.45, 2.75) is 52.7 Å². The van der Waals surface area contributed by atoms with E-state index in [1.165, 1.54) is 5.56 Å². The lowest BCUT2D eigenvalue weighted by Crippen LogP contribution is -2.27. The summed E-state index contributed by atoms with van der Waals surface area (Å²) in [6.45, 7) is 10.4. The van der Waals surface area contributed by atoms with Crippen molar-refractivity contribution in [3.8, 4) is 5.75 Å². The Bertz CT molecular complexity index is 972. The van der Waals surface area contributed by atoms with Crippen LogP contribution in [0.4, 0.5) is 0 Å². The predicted octanol–water partition coefficient (Wildman–Crippen LogP) is 4.75. The topological polar surface area (TPSA) is 77.2 Å². The summed E-state index contributed by atoms with van der Waals surface area (Å²) in [5.41, 5.74) is 2.87. The number of benzene rings is 2. The van der Waals surface area contributed by atoms with Crippen LogP contribution >= 0.6 is 0 Å². The molecule has 6 nitrogen and oxygen atoms in total. The maximum Gasteiger partial charge on any atom is 0.255 e. The SMILES string of the molecule is Cc1nc(COc2ccccc2C(=O)NC(C)c2ccc(C(C)(C)C)cc2)no1. The van der Waals surface area contributed by atoms with E-state index in [2.05, 4.69) is 60.5 Å². The summed E-state index contributed by atoms with van der Waals surface area (Å²) in [5, 5.41) is 6.85. The monoisotopic (exact) mass is 393 g/mol. The van der Waals surface area contributed by atoms with E-state index < -0.39 is 0 Å². The Balaban J connectivity index is 1.68. The summed E-state index contributed by atoms with van der Waals surface area (Å²) < 4.78 is 10.7. The summed E-state index contributed by atoms with van der Waals surface area (Å²) >= 11 is 0. The molecule has 152 valence electrons. The summed E-state index contributed by atoms with van der Waals surface area (Å²) in [6.07, 6.45) is 0. The first-order valence-corrected chi connectivity index (χ1v) is 9.66. The van der Waals surface area contributed by atoms with Gasteiger partial charge < -0.3 is 14.6 Å². The van der Waals surface area contributed by atoms with Gasteiger partial charge >= 0.3 is 0 Å². The van der Waals surface area contributed by atoms with Crippen LogP contribution in [0.15, 0.2) is 53.1 Å². The highest BCUT2D eigenvalue weighted by Gasteiger charge is 2.18. The van der Waals surface area contributed by atoms with E-state index >= 15 is 0 Å². The number of carbonyl (C=O) groups is 1. The molecule has 1 amide bonds. The van der Waals surface area contributed by atoms with Gasteiger partial charge in [0.05, 0.1) is 11.6 Å². The zero-order chi connectivity index (χ0) is 21.0. The summed E-state index contributed by atoms with van der Waals surface area (Å²) in [4.78, 5) is 17.0. The third-order valence-electron chi connectivity index (χ3n) is 4.68. The molecule has 0 aliphatic rings. The second-order valence-electron chi connectivity index (χ2n) is 8.08. The number of amides is 1. The molecule has 29 heavy (non-hydrogen) atoms. The van der Waals surface area contributed by atoms with E-state index in [0.29, 0.717) is 23.0 Å². The number of nitrogens with zero attached hydrogens (tertiary/aromatic N) is 2. The van der Waals surface area contributed by atoms with Crippen LogP contribution in [-0.4, -0.2) is 16.0 Å². The van der Waals surface area contributed by atoms with Crippen LogP contribution in [-0.2, 0) is 12.0 Å². The first-order valence-electron chi connectivity index (χ1n) is 9.66. The minimum absolute atomic E-state index is 0.0958. The third kappa shape index (κ3) is 5.22. The van der Waals surface area contributed by atoms with Crippen molar-refractivity contribution in [3.05, 3.63) is 76.9 Å². The first-order chi connectivity index (χ1) is 13.7. The van der Waals surface area contributed by atoms with E-state index in [0.717, 1.165) is 5.56 Å². The molecule has 1 unspecified atom stereocenters. The smallest absolute Gasteiger partial charge is 0.255 e. The fraction of sp³-hybridized carbons (Fsp3) is 0.348. The number of rotatable bonds is 6. The van der Waals surface area contributed by atoms with E-state index in [9.17, 15) is 4.79 Å². The zero-order valence-corrected chi connectivity index (χ0v) is 17.5. The summed E-state index contributed by atoms with van der Waals surface area (Å²) in [7, 11) is 0. The lowest BCUT2D eigenvalue weighted by Gasteiger charge is -2.21. The molecule has 2 aromatic carbocycles. The van der Waals surface area contributed by atoms with Crippen LogP contribution in [0, 0.1) is 6.92 Å². The van der Waals surface area contributed by atoms with Gasteiger partial charge in [0.1, 0.15) is 5.75 Å². The summed E-state index contributed by atoms with van der Waals surface area (Å²) in [6, 6.07) is 15.3. The number of nitrogens with one attached hydrogen (secondary N) is 1. The molecule has 0 saturated carbocycles. The van der Waals surface area contributed by atoms with Crippen molar-refractivity contribution in [2.24, 2.45) is 0 Å². The third-order valence-corrected chi connectivity index (χ3v) is 4.68. The molecule has 0 radical (unpaired) electrons. The molecular formula is C23H27N3O3. The standard InChI is InChI=1S/C23H27N3O3/c1-15(17-10-12-18(13-11-17)23(3,4)5)24-22(27)19-8-6-7-9-20(19)28-14-21-25-16(2)29-26-21/h6-13,15H,14H2,1-5H3,(H,24,27). The van der Waals surface area contributed by atoms with Crippen LogP contribution in [0.3, 0.4) is 0 Å². The number of aryl methyl sites for hydroxylation is 1. The van der Waals surface area contributed by atoms with E-state index in [1.54, 1.807) is 19.1 Å². The molecule has 6 heteroatoms. The molecule has 0 aliphatic heterocycles. The number of para-hydroxylation sites is 1. The van der Waals surface area contributed by atoms with E-state index in [1.807, 2.05) is 19.1 Å². The van der Waals surface area contributed by atoms with Gasteiger partial charge in [0, 0.05) is 6.92 Å². The Morgan fingerprint density at radius 2 is 1.83 bits per heavy atom. The van der Waals surface area contributed by atoms with Gasteiger partial charge in [-0.2, -0.15) is 4.98 Å². The predicted molar refractivity (Wildman–Crippen MR) is 111 cm³/mol. The van der Waals surface area contributed by atoms with Crippen LogP contribution in [0.5, 0.6) is 5.75 Å². The Labute approximate surface area is 171 Å². The van der Waals surface area contributed by atoms with Gasteiger partial charge in [0.2, 0.25) is 11.7 Å². The Morgan fingerprint density at radius 3 is 2.45 bits per heavy atom. The van der Waals surface area contributed by atoms with Crippen LogP contribution in [0.2, 0.25) is 0 Å². The Morgan fingerprint density at radius 1 is 1.14 bits per heavy atom. The average molecular weight is 393 g/mol. The number of aromatic nitrogens is 2. The quantitative estimate of drug-likeness (QED) is 0.654. The molecule has 1 aromatic heterocycles. The van der Waals surface area contributed by atoms with Gasteiger partial charge in [-0.3, -0.25) is 4.79 Å². The van der Waals surface area contributed by atoms with Crippen molar-refractivity contribution < 1.29 is 14.1 Å². The minimum atomic E-state index is -0.197. The molecule has 0 bridgehead atoms. The lowest BCUT2D eigenvalue weighted by molar-refractivity contribution is 0.0935. The normalized spacial score (nSPS) is 12.4. The molecule has 0 fully saturated rings. The van der Waals surface area contributed by atoms with Crippen LogP contribution < -0.4 is 10.1 Å². The first kappa shape index (κ1) is 20.6. The average Bonchev–Trinajstić information content (AvgIpc) is 3.11. The van der Waals surface area contributed by atoms with Crippen molar-refractivity contribution in [1.82, 2.24) is 15.5 Å². The molecule has 0 aliphatic carbocycles. The van der Waals surface area contributed by atoms with Gasteiger partial charge in [-0.05, 0) is 35.6 Å². The van der Waals surface area contributed by atoms with Gasteiger partial charge in [-0.25, -0.2) is 0 Å². The van der Waals surface area contributed by atoms with Crippen molar-refractivity contribution >= 4 is 5.91 Å². The van der Waals surface area contributed by atoms with Gasteiger partial charge in [0.15, 0.2) is 6.61 Å². The fourth-order valence-corrected chi connectivity index (χ4v) is 2.95. The minimum Gasteiger partial charge on any atom is -0.485 e. The highest BCUT2D eigenvalue weighted by molar-refractivity contribution is 5.97. The molecule has 1 atom stereocenters. The maximum atomic E-state index is 12.9. The number of carbonyl (C=O) groups excluding carboxylic acids is 1.